The monoisotopic (exact) mass is 448 g/mol. The van der Waals surface area contributed by atoms with Crippen molar-refractivity contribution in [2.75, 3.05) is 17.9 Å². The van der Waals surface area contributed by atoms with E-state index in [0.29, 0.717) is 16.3 Å². The summed E-state index contributed by atoms with van der Waals surface area (Å²) in [5.74, 6) is -0.186. The number of ether oxygens (including phenoxy) is 1. The maximum Gasteiger partial charge on any atom is 0.261 e. The van der Waals surface area contributed by atoms with Gasteiger partial charge in [0.1, 0.15) is 18.2 Å². The summed E-state index contributed by atoms with van der Waals surface area (Å²) in [6.45, 7) is 0.537. The molecule has 0 aliphatic carbocycles. The Morgan fingerprint density at radius 1 is 0.933 bits per heavy atom. The van der Waals surface area contributed by atoms with E-state index < -0.39 is 15.8 Å². The quantitative estimate of drug-likeness (QED) is 0.508. The van der Waals surface area contributed by atoms with Crippen LogP contribution in [-0.2, 0) is 10.0 Å². The lowest BCUT2D eigenvalue weighted by molar-refractivity contribution is 0.0947. The Balaban J connectivity index is 1.53. The Bertz CT molecular complexity index is 1100. The number of sulfonamides is 1. The Labute approximate surface area is 178 Å². The van der Waals surface area contributed by atoms with Crippen LogP contribution in [-0.4, -0.2) is 27.5 Å². The molecule has 0 aromatic heterocycles. The SMILES string of the molecule is O=C(NCCOc1ccc(Cl)cc1)c1ccc(S(=O)(=O)Nc2ccc(F)cc2)cc1. The number of carbonyl (C=O) groups excluding carboxylic acids is 1. The molecule has 0 spiro atoms. The van der Waals surface area contributed by atoms with Gasteiger partial charge >= 0.3 is 0 Å². The topological polar surface area (TPSA) is 84.5 Å². The lowest BCUT2D eigenvalue weighted by Crippen LogP contribution is -2.28. The summed E-state index contributed by atoms with van der Waals surface area (Å²) in [6, 6.07) is 17.3. The normalized spacial score (nSPS) is 11.0. The molecule has 3 rings (SSSR count). The highest BCUT2D eigenvalue weighted by molar-refractivity contribution is 7.92. The first-order chi connectivity index (χ1) is 14.3. The molecule has 2 N–H and O–H groups in total. The van der Waals surface area contributed by atoms with Crippen molar-refractivity contribution in [1.29, 1.82) is 0 Å². The van der Waals surface area contributed by atoms with Gasteiger partial charge in [-0.3, -0.25) is 9.52 Å². The average Bonchev–Trinajstić information content (AvgIpc) is 2.74. The van der Waals surface area contributed by atoms with Crippen LogP contribution < -0.4 is 14.8 Å². The van der Waals surface area contributed by atoms with E-state index in [1.165, 1.54) is 36.4 Å². The van der Waals surface area contributed by atoms with Crippen molar-refractivity contribution in [1.82, 2.24) is 5.32 Å². The largest absolute Gasteiger partial charge is 0.492 e. The molecule has 0 bridgehead atoms. The van der Waals surface area contributed by atoms with Gasteiger partial charge in [0, 0.05) is 16.3 Å². The minimum Gasteiger partial charge on any atom is -0.492 e. The lowest BCUT2D eigenvalue weighted by Gasteiger charge is -2.10. The molecule has 0 aliphatic rings. The van der Waals surface area contributed by atoms with Crippen molar-refractivity contribution < 1.29 is 22.3 Å². The van der Waals surface area contributed by atoms with Gasteiger partial charge in [-0.25, -0.2) is 12.8 Å². The number of rotatable bonds is 8. The summed E-state index contributed by atoms with van der Waals surface area (Å²) in [4.78, 5) is 12.2. The van der Waals surface area contributed by atoms with Gasteiger partial charge in [0.15, 0.2) is 0 Å². The van der Waals surface area contributed by atoms with Gasteiger partial charge in [-0.15, -0.1) is 0 Å². The minimum absolute atomic E-state index is 0.0190. The summed E-state index contributed by atoms with van der Waals surface area (Å²) in [6.07, 6.45) is 0. The molecule has 156 valence electrons. The van der Waals surface area contributed by atoms with Gasteiger partial charge in [0.25, 0.3) is 15.9 Å². The zero-order valence-corrected chi connectivity index (χ0v) is 17.2. The molecule has 1 amide bonds. The first kappa shape index (κ1) is 21.6. The van der Waals surface area contributed by atoms with Crippen LogP contribution in [0.4, 0.5) is 10.1 Å². The van der Waals surface area contributed by atoms with Crippen molar-refractivity contribution in [3.63, 3.8) is 0 Å². The van der Waals surface area contributed by atoms with Gasteiger partial charge in [0.2, 0.25) is 0 Å². The average molecular weight is 449 g/mol. The van der Waals surface area contributed by atoms with Gasteiger partial charge in [-0.05, 0) is 72.8 Å². The Morgan fingerprint density at radius 2 is 1.57 bits per heavy atom. The Hall–Kier alpha value is -3.10. The molecule has 0 radical (unpaired) electrons. The molecule has 0 atom stereocenters. The Kier molecular flexibility index (Phi) is 6.91. The third-order valence-corrected chi connectivity index (χ3v) is 5.64. The lowest BCUT2D eigenvalue weighted by atomic mass is 10.2. The molecule has 3 aromatic rings. The van der Waals surface area contributed by atoms with Crippen LogP contribution in [0.2, 0.25) is 5.02 Å². The molecule has 0 saturated carbocycles. The van der Waals surface area contributed by atoms with Crippen molar-refractivity contribution >= 4 is 33.2 Å². The van der Waals surface area contributed by atoms with Crippen LogP contribution in [0.3, 0.4) is 0 Å². The number of hydrogen-bond acceptors (Lipinski definition) is 4. The number of amides is 1. The Morgan fingerprint density at radius 3 is 2.20 bits per heavy atom. The number of nitrogens with one attached hydrogen (secondary N) is 2. The molecule has 30 heavy (non-hydrogen) atoms. The van der Waals surface area contributed by atoms with Crippen LogP contribution in [0.15, 0.2) is 77.7 Å². The summed E-state index contributed by atoms with van der Waals surface area (Å²) in [5.41, 5.74) is 0.543. The fraction of sp³-hybridized carbons (Fsp3) is 0.0952. The number of carbonyl (C=O) groups is 1. The van der Waals surface area contributed by atoms with Gasteiger partial charge in [0.05, 0.1) is 11.4 Å². The highest BCUT2D eigenvalue weighted by Gasteiger charge is 2.15. The van der Waals surface area contributed by atoms with E-state index in [-0.39, 0.29) is 29.6 Å². The molecule has 0 fully saturated rings. The standard InChI is InChI=1S/C21H18ClFN2O4S/c22-16-3-9-19(10-4-16)29-14-13-24-21(26)15-1-11-20(12-2-15)30(27,28)25-18-7-5-17(23)6-8-18/h1-12,25H,13-14H2,(H,24,26). The summed E-state index contributed by atoms with van der Waals surface area (Å²) < 4.78 is 45.6. The third kappa shape index (κ3) is 5.95. The van der Waals surface area contributed by atoms with Crippen molar-refractivity contribution in [2.45, 2.75) is 4.90 Å². The molecule has 0 heterocycles. The van der Waals surface area contributed by atoms with Gasteiger partial charge in [-0.1, -0.05) is 11.6 Å². The van der Waals surface area contributed by atoms with Crippen LogP contribution >= 0.6 is 11.6 Å². The third-order valence-electron chi connectivity index (χ3n) is 3.99. The molecular weight excluding hydrogens is 431 g/mol. The second-order valence-electron chi connectivity index (χ2n) is 6.20. The molecule has 3 aromatic carbocycles. The van der Waals surface area contributed by atoms with Gasteiger partial charge < -0.3 is 10.1 Å². The maximum atomic E-state index is 12.9. The number of anilines is 1. The molecule has 0 saturated heterocycles. The van der Waals surface area contributed by atoms with E-state index in [0.717, 1.165) is 12.1 Å². The molecular formula is C21H18ClFN2O4S. The zero-order valence-electron chi connectivity index (χ0n) is 15.6. The molecule has 0 aliphatic heterocycles. The number of hydrogen-bond donors (Lipinski definition) is 2. The van der Waals surface area contributed by atoms with Crippen LogP contribution in [0.1, 0.15) is 10.4 Å². The zero-order chi connectivity index (χ0) is 21.6. The van der Waals surface area contributed by atoms with E-state index >= 15 is 0 Å². The first-order valence-corrected chi connectivity index (χ1v) is 10.7. The van der Waals surface area contributed by atoms with E-state index in [1.807, 2.05) is 0 Å². The van der Waals surface area contributed by atoms with Crippen LogP contribution in [0.5, 0.6) is 5.75 Å². The predicted molar refractivity (Wildman–Crippen MR) is 113 cm³/mol. The number of benzene rings is 3. The second-order valence-corrected chi connectivity index (χ2v) is 8.31. The molecule has 6 nitrogen and oxygen atoms in total. The predicted octanol–water partition coefficient (Wildman–Crippen LogP) is 4.09. The van der Waals surface area contributed by atoms with E-state index in [1.54, 1.807) is 24.3 Å². The van der Waals surface area contributed by atoms with Crippen molar-refractivity contribution in [3.8, 4) is 5.75 Å². The smallest absolute Gasteiger partial charge is 0.261 e. The van der Waals surface area contributed by atoms with Crippen molar-refractivity contribution in [2.24, 2.45) is 0 Å². The highest BCUT2D eigenvalue weighted by atomic mass is 35.5. The van der Waals surface area contributed by atoms with E-state index in [9.17, 15) is 17.6 Å². The van der Waals surface area contributed by atoms with Gasteiger partial charge in [-0.2, -0.15) is 0 Å². The fourth-order valence-corrected chi connectivity index (χ4v) is 3.67. The highest BCUT2D eigenvalue weighted by Crippen LogP contribution is 2.17. The fourth-order valence-electron chi connectivity index (χ4n) is 2.48. The summed E-state index contributed by atoms with van der Waals surface area (Å²) >= 11 is 5.80. The molecule has 9 heteroatoms. The van der Waals surface area contributed by atoms with Crippen LogP contribution in [0, 0.1) is 5.82 Å². The van der Waals surface area contributed by atoms with Crippen molar-refractivity contribution in [3.05, 3.63) is 89.2 Å². The second kappa shape index (κ2) is 9.60. The number of halogens is 2. The van der Waals surface area contributed by atoms with Crippen LogP contribution in [0.25, 0.3) is 0 Å². The summed E-state index contributed by atoms with van der Waals surface area (Å²) in [7, 11) is -3.86. The molecule has 0 unspecified atom stereocenters. The first-order valence-electron chi connectivity index (χ1n) is 8.88. The van der Waals surface area contributed by atoms with E-state index in [4.69, 9.17) is 16.3 Å². The van der Waals surface area contributed by atoms with E-state index in [2.05, 4.69) is 10.0 Å². The maximum absolute atomic E-state index is 12.9. The minimum atomic E-state index is -3.86. The summed E-state index contributed by atoms with van der Waals surface area (Å²) in [5, 5.41) is 3.30.